The number of thiazole rings is 1. The van der Waals surface area contributed by atoms with E-state index in [1.807, 2.05) is 29.6 Å². The second kappa shape index (κ2) is 9.13. The Hall–Kier alpha value is -3.17. The van der Waals surface area contributed by atoms with Crippen LogP contribution in [0.1, 0.15) is 30.3 Å². The third-order valence-electron chi connectivity index (χ3n) is 5.06. The molecule has 3 heterocycles. The summed E-state index contributed by atoms with van der Waals surface area (Å²) in [6, 6.07) is 8.64. The Morgan fingerprint density at radius 2 is 2.06 bits per heavy atom. The number of carbonyl (C=O) groups excluding carboxylic acids is 1. The first kappa shape index (κ1) is 22.0. The number of hydrogen-bond donors (Lipinski definition) is 0. The van der Waals surface area contributed by atoms with Crippen LogP contribution in [0.5, 0.6) is 11.5 Å². The molecular formula is C23H22N2O5S2. The fourth-order valence-electron chi connectivity index (χ4n) is 3.59. The third-order valence-corrected chi connectivity index (χ3v) is 6.96. The number of fused-ring (bicyclic) bond motifs is 1. The van der Waals surface area contributed by atoms with E-state index in [1.54, 1.807) is 44.8 Å². The summed E-state index contributed by atoms with van der Waals surface area (Å²) in [6.07, 6.45) is 1.77. The molecule has 0 fully saturated rings. The monoisotopic (exact) mass is 470 g/mol. The van der Waals surface area contributed by atoms with Gasteiger partial charge in [0.15, 0.2) is 4.80 Å². The summed E-state index contributed by atoms with van der Waals surface area (Å²) in [5.74, 6) is 0.791. The zero-order valence-corrected chi connectivity index (χ0v) is 19.7. The van der Waals surface area contributed by atoms with Crippen molar-refractivity contribution in [2.24, 2.45) is 4.99 Å². The van der Waals surface area contributed by atoms with Gasteiger partial charge in [0.2, 0.25) is 0 Å². The highest BCUT2D eigenvalue weighted by atomic mass is 32.1. The fourth-order valence-corrected chi connectivity index (χ4v) is 5.45. The normalized spacial score (nSPS) is 15.9. The summed E-state index contributed by atoms with van der Waals surface area (Å²) in [6.45, 7) is 3.77. The fraction of sp³-hybridized carbons (Fsp3) is 0.261. The van der Waals surface area contributed by atoms with E-state index >= 15 is 0 Å². The minimum Gasteiger partial charge on any atom is -0.497 e. The molecule has 0 amide bonds. The Bertz CT molecular complexity index is 1370. The van der Waals surface area contributed by atoms with Crippen molar-refractivity contribution in [1.82, 2.24) is 4.57 Å². The van der Waals surface area contributed by atoms with Crippen LogP contribution in [0.15, 0.2) is 56.8 Å². The van der Waals surface area contributed by atoms with Crippen LogP contribution < -0.4 is 24.4 Å². The molecule has 1 aliphatic rings. The van der Waals surface area contributed by atoms with Crippen LogP contribution in [0.4, 0.5) is 0 Å². The topological polar surface area (TPSA) is 79.1 Å². The van der Waals surface area contributed by atoms with Crippen molar-refractivity contribution < 1.29 is 19.0 Å². The van der Waals surface area contributed by atoms with E-state index in [9.17, 15) is 9.59 Å². The zero-order valence-electron chi connectivity index (χ0n) is 18.1. The first-order valence-corrected chi connectivity index (χ1v) is 11.6. The second-order valence-electron chi connectivity index (χ2n) is 6.93. The molecule has 3 aromatic rings. The maximum atomic E-state index is 13.5. The van der Waals surface area contributed by atoms with E-state index in [1.165, 1.54) is 22.7 Å². The molecule has 0 spiro atoms. The molecule has 0 bridgehead atoms. The van der Waals surface area contributed by atoms with E-state index in [4.69, 9.17) is 14.2 Å². The first-order valence-electron chi connectivity index (χ1n) is 9.93. The average Bonchev–Trinajstić information content (AvgIpc) is 3.42. The Balaban J connectivity index is 1.92. The van der Waals surface area contributed by atoms with Crippen LogP contribution in [0.3, 0.4) is 0 Å². The van der Waals surface area contributed by atoms with Crippen molar-refractivity contribution in [3.8, 4) is 11.5 Å². The lowest BCUT2D eigenvalue weighted by atomic mass is 10.0. The lowest BCUT2D eigenvalue weighted by Crippen LogP contribution is -2.39. The van der Waals surface area contributed by atoms with Gasteiger partial charge < -0.3 is 14.2 Å². The van der Waals surface area contributed by atoms with E-state index in [0.717, 1.165) is 10.4 Å². The minimum atomic E-state index is -0.579. The number of thiophene rings is 1. The predicted molar refractivity (Wildman–Crippen MR) is 124 cm³/mol. The summed E-state index contributed by atoms with van der Waals surface area (Å²) in [7, 11) is 3.15. The van der Waals surface area contributed by atoms with Crippen LogP contribution in [0.25, 0.3) is 6.08 Å². The molecule has 166 valence electrons. The molecule has 7 nitrogen and oxygen atoms in total. The molecule has 9 heteroatoms. The second-order valence-corrected chi connectivity index (χ2v) is 8.91. The Morgan fingerprint density at radius 1 is 1.25 bits per heavy atom. The smallest absolute Gasteiger partial charge is 0.338 e. The number of aromatic nitrogens is 1. The third kappa shape index (κ3) is 3.89. The van der Waals surface area contributed by atoms with Crippen LogP contribution in [-0.2, 0) is 9.53 Å². The van der Waals surface area contributed by atoms with Gasteiger partial charge in [0.1, 0.15) is 17.5 Å². The summed E-state index contributed by atoms with van der Waals surface area (Å²) in [4.78, 5) is 32.3. The standard InChI is InChI=1S/C23H22N2O5S2/c1-5-30-22(27)19-13(2)24-23-25(20(19)17-7-6-10-31-17)21(26)18(32-23)11-14-8-9-15(28-3)12-16(14)29-4/h6-12,20H,5H2,1-4H3/b18-11+/t20-/m0/s1. The molecule has 1 aliphatic heterocycles. The molecule has 0 saturated carbocycles. The van der Waals surface area contributed by atoms with Crippen LogP contribution in [0.2, 0.25) is 0 Å². The average molecular weight is 471 g/mol. The molecule has 0 aliphatic carbocycles. The van der Waals surface area contributed by atoms with Crippen LogP contribution in [0, 0.1) is 0 Å². The molecule has 2 aromatic heterocycles. The van der Waals surface area contributed by atoms with Gasteiger partial charge in [-0.05, 0) is 43.5 Å². The summed E-state index contributed by atoms with van der Waals surface area (Å²) in [5.41, 5.74) is 1.46. The number of methoxy groups -OCH3 is 2. The number of ether oxygens (including phenoxy) is 3. The lowest BCUT2D eigenvalue weighted by molar-refractivity contribution is -0.139. The summed E-state index contributed by atoms with van der Waals surface area (Å²) in [5, 5.41) is 1.92. The largest absolute Gasteiger partial charge is 0.497 e. The Kier molecular flexibility index (Phi) is 6.29. The zero-order chi connectivity index (χ0) is 22.8. The Labute approximate surface area is 192 Å². The molecule has 4 rings (SSSR count). The lowest BCUT2D eigenvalue weighted by Gasteiger charge is -2.23. The number of allylic oxidation sites excluding steroid dienone is 1. The molecule has 1 aromatic carbocycles. The number of carbonyl (C=O) groups is 1. The maximum absolute atomic E-state index is 13.5. The van der Waals surface area contributed by atoms with Crippen molar-refractivity contribution in [3.63, 3.8) is 0 Å². The van der Waals surface area contributed by atoms with Crippen molar-refractivity contribution >= 4 is 34.7 Å². The molecule has 0 radical (unpaired) electrons. The molecule has 0 N–H and O–H groups in total. The van der Waals surface area contributed by atoms with Gasteiger partial charge in [0.05, 0.1) is 36.6 Å². The van der Waals surface area contributed by atoms with E-state index < -0.39 is 12.0 Å². The van der Waals surface area contributed by atoms with E-state index in [0.29, 0.717) is 32.1 Å². The van der Waals surface area contributed by atoms with Crippen molar-refractivity contribution in [2.45, 2.75) is 19.9 Å². The molecule has 32 heavy (non-hydrogen) atoms. The summed E-state index contributed by atoms with van der Waals surface area (Å²) < 4.78 is 18.1. The molecular weight excluding hydrogens is 448 g/mol. The highest BCUT2D eigenvalue weighted by Crippen LogP contribution is 2.33. The van der Waals surface area contributed by atoms with Gasteiger partial charge in [0, 0.05) is 16.5 Å². The van der Waals surface area contributed by atoms with Crippen molar-refractivity contribution in [3.05, 3.63) is 77.1 Å². The predicted octanol–water partition coefficient (Wildman–Crippen LogP) is 2.88. The van der Waals surface area contributed by atoms with Gasteiger partial charge in [0.25, 0.3) is 5.56 Å². The number of benzene rings is 1. The first-order chi connectivity index (χ1) is 15.5. The number of rotatable bonds is 6. The van der Waals surface area contributed by atoms with E-state index in [2.05, 4.69) is 4.99 Å². The summed E-state index contributed by atoms with van der Waals surface area (Å²) >= 11 is 2.76. The molecule has 0 saturated heterocycles. The van der Waals surface area contributed by atoms with Gasteiger partial charge in [-0.1, -0.05) is 17.4 Å². The molecule has 0 unspecified atom stereocenters. The number of esters is 1. The van der Waals surface area contributed by atoms with Gasteiger partial charge in [-0.3, -0.25) is 9.36 Å². The SMILES string of the molecule is CCOC(=O)C1=C(C)N=c2s/c(=C/c3ccc(OC)cc3OC)c(=O)n2[C@H]1c1cccs1. The quantitative estimate of drug-likeness (QED) is 0.518. The highest BCUT2D eigenvalue weighted by Gasteiger charge is 2.33. The van der Waals surface area contributed by atoms with Gasteiger partial charge in [-0.25, -0.2) is 9.79 Å². The minimum absolute atomic E-state index is 0.223. The van der Waals surface area contributed by atoms with Crippen molar-refractivity contribution in [1.29, 1.82) is 0 Å². The molecule has 1 atom stereocenters. The van der Waals surface area contributed by atoms with Crippen molar-refractivity contribution in [2.75, 3.05) is 20.8 Å². The highest BCUT2D eigenvalue weighted by molar-refractivity contribution is 7.10. The number of nitrogens with zero attached hydrogens (tertiary/aromatic N) is 2. The number of hydrogen-bond acceptors (Lipinski definition) is 8. The van der Waals surface area contributed by atoms with Crippen LogP contribution >= 0.6 is 22.7 Å². The van der Waals surface area contributed by atoms with Gasteiger partial charge >= 0.3 is 5.97 Å². The van der Waals surface area contributed by atoms with Gasteiger partial charge in [-0.2, -0.15) is 0 Å². The van der Waals surface area contributed by atoms with Gasteiger partial charge in [-0.15, -0.1) is 11.3 Å². The van der Waals surface area contributed by atoms with E-state index in [-0.39, 0.29) is 12.2 Å². The Morgan fingerprint density at radius 3 is 2.72 bits per heavy atom. The maximum Gasteiger partial charge on any atom is 0.338 e. The van der Waals surface area contributed by atoms with Crippen LogP contribution in [-0.4, -0.2) is 31.4 Å².